The Morgan fingerprint density at radius 3 is 2.89 bits per heavy atom. The summed E-state index contributed by atoms with van der Waals surface area (Å²) in [4.78, 5) is 8.28. The van der Waals surface area contributed by atoms with Gasteiger partial charge in [-0.2, -0.15) is 0 Å². The summed E-state index contributed by atoms with van der Waals surface area (Å²) in [6.07, 6.45) is 5.05. The molecule has 0 aliphatic rings. The highest BCUT2D eigenvalue weighted by molar-refractivity contribution is 5.54. The zero-order chi connectivity index (χ0) is 13.7. The van der Waals surface area contributed by atoms with Gasteiger partial charge in [-0.05, 0) is 13.3 Å². The van der Waals surface area contributed by atoms with Crippen LogP contribution < -0.4 is 11.1 Å². The molecule has 0 saturated carbocycles. The zero-order valence-electron chi connectivity index (χ0n) is 11.3. The van der Waals surface area contributed by atoms with Crippen LogP contribution in [0.1, 0.15) is 31.7 Å². The number of nitrogen functional groups attached to an aromatic ring is 1. The molecule has 0 atom stereocenters. The first-order valence-electron chi connectivity index (χ1n) is 6.46. The van der Waals surface area contributed by atoms with Gasteiger partial charge in [0.1, 0.15) is 24.3 Å². The fourth-order valence-electron chi connectivity index (χ4n) is 1.92. The van der Waals surface area contributed by atoms with E-state index in [1.54, 1.807) is 6.33 Å². The van der Waals surface area contributed by atoms with Crippen molar-refractivity contribution in [1.82, 2.24) is 24.7 Å². The quantitative estimate of drug-likeness (QED) is 0.812. The summed E-state index contributed by atoms with van der Waals surface area (Å²) in [6, 6.07) is 0. The fourth-order valence-corrected chi connectivity index (χ4v) is 1.92. The van der Waals surface area contributed by atoms with Crippen LogP contribution in [0.5, 0.6) is 0 Å². The summed E-state index contributed by atoms with van der Waals surface area (Å²) in [6.45, 7) is 5.57. The van der Waals surface area contributed by atoms with Crippen LogP contribution in [0.3, 0.4) is 0 Å². The molecule has 0 unspecified atom stereocenters. The Hall–Kier alpha value is -2.18. The molecule has 0 radical (unpaired) electrons. The average Bonchev–Trinajstić information content (AvgIpc) is 2.87. The van der Waals surface area contributed by atoms with Gasteiger partial charge in [-0.25, -0.2) is 9.97 Å². The molecule has 0 aliphatic heterocycles. The number of hydrogen-bond donors (Lipinski definition) is 2. The summed E-state index contributed by atoms with van der Waals surface area (Å²) in [5, 5.41) is 11.2. The lowest BCUT2D eigenvalue weighted by molar-refractivity contribution is 0.706. The Bertz CT molecular complexity index is 535. The third kappa shape index (κ3) is 2.98. The standard InChI is InChI=1S/C12H19N7/c1-3-5-9-11(13)15-7-16-12(9)14-6-10-18-17-8-19(10)4-2/h7-8H,3-6H2,1-2H3,(H3,13,14,15,16). The van der Waals surface area contributed by atoms with Crippen molar-refractivity contribution in [2.45, 2.75) is 39.8 Å². The van der Waals surface area contributed by atoms with Crippen molar-refractivity contribution in [3.8, 4) is 0 Å². The van der Waals surface area contributed by atoms with E-state index in [0.717, 1.165) is 36.6 Å². The number of anilines is 2. The number of nitrogens with zero attached hydrogens (tertiary/aromatic N) is 5. The number of aromatic nitrogens is 5. The van der Waals surface area contributed by atoms with E-state index in [0.29, 0.717) is 12.4 Å². The molecule has 3 N–H and O–H groups in total. The van der Waals surface area contributed by atoms with Crippen LogP contribution in [0.4, 0.5) is 11.6 Å². The van der Waals surface area contributed by atoms with Crippen LogP contribution in [0.25, 0.3) is 0 Å². The number of rotatable bonds is 6. The number of nitrogens with two attached hydrogens (primary N) is 1. The summed E-state index contributed by atoms with van der Waals surface area (Å²) in [5.74, 6) is 2.19. The Kier molecular flexibility index (Phi) is 4.27. The molecule has 0 aromatic carbocycles. The minimum absolute atomic E-state index is 0.538. The smallest absolute Gasteiger partial charge is 0.152 e. The van der Waals surface area contributed by atoms with E-state index in [1.165, 1.54) is 6.33 Å². The lowest BCUT2D eigenvalue weighted by Crippen LogP contribution is -2.11. The van der Waals surface area contributed by atoms with Crippen molar-refractivity contribution >= 4 is 11.6 Å². The van der Waals surface area contributed by atoms with Gasteiger partial charge in [0, 0.05) is 12.1 Å². The van der Waals surface area contributed by atoms with Gasteiger partial charge in [-0.1, -0.05) is 13.3 Å². The zero-order valence-corrected chi connectivity index (χ0v) is 11.3. The molecule has 2 heterocycles. The van der Waals surface area contributed by atoms with Crippen LogP contribution in [0, 0.1) is 0 Å². The summed E-state index contributed by atoms with van der Waals surface area (Å²) in [5.41, 5.74) is 6.85. The molecule has 102 valence electrons. The molecule has 0 bridgehead atoms. The van der Waals surface area contributed by atoms with Crippen molar-refractivity contribution in [3.63, 3.8) is 0 Å². The highest BCUT2D eigenvalue weighted by Crippen LogP contribution is 2.19. The maximum Gasteiger partial charge on any atom is 0.152 e. The van der Waals surface area contributed by atoms with E-state index in [-0.39, 0.29) is 0 Å². The van der Waals surface area contributed by atoms with Gasteiger partial charge in [-0.15, -0.1) is 10.2 Å². The molecule has 0 amide bonds. The maximum atomic E-state index is 5.89. The van der Waals surface area contributed by atoms with Crippen LogP contribution in [-0.4, -0.2) is 24.7 Å². The van der Waals surface area contributed by atoms with Crippen molar-refractivity contribution in [2.75, 3.05) is 11.1 Å². The van der Waals surface area contributed by atoms with Gasteiger partial charge < -0.3 is 15.6 Å². The Morgan fingerprint density at radius 2 is 2.16 bits per heavy atom. The highest BCUT2D eigenvalue weighted by atomic mass is 15.3. The SMILES string of the molecule is CCCc1c(N)ncnc1NCc1nncn1CC. The number of nitrogens with one attached hydrogen (secondary N) is 1. The second-order valence-corrected chi connectivity index (χ2v) is 4.22. The molecule has 0 aliphatic carbocycles. The molecule has 7 heteroatoms. The topological polar surface area (TPSA) is 94.5 Å². The Labute approximate surface area is 112 Å². The number of aryl methyl sites for hydroxylation is 1. The summed E-state index contributed by atoms with van der Waals surface area (Å²) < 4.78 is 1.98. The van der Waals surface area contributed by atoms with Crippen molar-refractivity contribution in [3.05, 3.63) is 24.0 Å². The predicted molar refractivity (Wildman–Crippen MR) is 73.5 cm³/mol. The molecule has 2 aromatic heterocycles. The van der Waals surface area contributed by atoms with Crippen molar-refractivity contribution in [1.29, 1.82) is 0 Å². The minimum atomic E-state index is 0.538. The molecule has 7 nitrogen and oxygen atoms in total. The predicted octanol–water partition coefficient (Wildman–Crippen LogP) is 1.23. The van der Waals surface area contributed by atoms with E-state index in [9.17, 15) is 0 Å². The first-order chi connectivity index (χ1) is 9.26. The van der Waals surface area contributed by atoms with E-state index >= 15 is 0 Å². The summed E-state index contributed by atoms with van der Waals surface area (Å²) in [7, 11) is 0. The molecule has 2 aromatic rings. The van der Waals surface area contributed by atoms with Crippen LogP contribution in [0.2, 0.25) is 0 Å². The molecular weight excluding hydrogens is 242 g/mol. The van der Waals surface area contributed by atoms with E-state index < -0.39 is 0 Å². The summed E-state index contributed by atoms with van der Waals surface area (Å²) >= 11 is 0. The first-order valence-corrected chi connectivity index (χ1v) is 6.46. The molecule has 0 saturated heterocycles. The molecule has 19 heavy (non-hydrogen) atoms. The first kappa shape index (κ1) is 13.3. The second kappa shape index (κ2) is 6.12. The van der Waals surface area contributed by atoms with E-state index in [1.807, 2.05) is 4.57 Å². The molecule has 0 fully saturated rings. The van der Waals surface area contributed by atoms with Crippen LogP contribution in [0.15, 0.2) is 12.7 Å². The van der Waals surface area contributed by atoms with Crippen molar-refractivity contribution < 1.29 is 0 Å². The van der Waals surface area contributed by atoms with Gasteiger partial charge in [0.05, 0.1) is 6.54 Å². The molecular formula is C12H19N7. The lowest BCUT2D eigenvalue weighted by Gasteiger charge is -2.11. The Morgan fingerprint density at radius 1 is 1.32 bits per heavy atom. The second-order valence-electron chi connectivity index (χ2n) is 4.22. The normalized spacial score (nSPS) is 10.6. The average molecular weight is 261 g/mol. The van der Waals surface area contributed by atoms with E-state index in [2.05, 4.69) is 39.3 Å². The minimum Gasteiger partial charge on any atom is -0.383 e. The van der Waals surface area contributed by atoms with Gasteiger partial charge in [0.15, 0.2) is 5.82 Å². The Balaban J connectivity index is 2.13. The highest BCUT2D eigenvalue weighted by Gasteiger charge is 2.09. The van der Waals surface area contributed by atoms with Crippen molar-refractivity contribution in [2.24, 2.45) is 0 Å². The van der Waals surface area contributed by atoms with Gasteiger partial charge >= 0.3 is 0 Å². The monoisotopic (exact) mass is 261 g/mol. The maximum absolute atomic E-state index is 5.89. The third-order valence-electron chi connectivity index (χ3n) is 2.93. The lowest BCUT2D eigenvalue weighted by atomic mass is 10.1. The van der Waals surface area contributed by atoms with Crippen LogP contribution in [-0.2, 0) is 19.5 Å². The number of hydrogen-bond acceptors (Lipinski definition) is 6. The third-order valence-corrected chi connectivity index (χ3v) is 2.93. The van der Waals surface area contributed by atoms with Crippen LogP contribution >= 0.6 is 0 Å². The van der Waals surface area contributed by atoms with E-state index in [4.69, 9.17) is 5.73 Å². The molecule has 2 rings (SSSR count). The fraction of sp³-hybridized carbons (Fsp3) is 0.500. The van der Waals surface area contributed by atoms with Gasteiger partial charge in [0.25, 0.3) is 0 Å². The van der Waals surface area contributed by atoms with Gasteiger partial charge in [0.2, 0.25) is 0 Å². The molecule has 0 spiro atoms. The largest absolute Gasteiger partial charge is 0.383 e. The van der Waals surface area contributed by atoms with Gasteiger partial charge in [-0.3, -0.25) is 0 Å².